The highest BCUT2D eigenvalue weighted by Crippen LogP contribution is 2.35. The molecule has 0 saturated heterocycles. The van der Waals surface area contributed by atoms with Crippen molar-refractivity contribution in [3.8, 4) is 10.7 Å². The number of aromatic nitrogens is 2. The second-order valence-corrected chi connectivity index (χ2v) is 6.71. The third-order valence-corrected chi connectivity index (χ3v) is 4.83. The molecule has 1 aliphatic rings. The molecular weight excluding hydrogens is 266 g/mol. The Labute approximate surface area is 124 Å². The van der Waals surface area contributed by atoms with Gasteiger partial charge in [0.2, 0.25) is 0 Å². The van der Waals surface area contributed by atoms with E-state index >= 15 is 0 Å². The number of nitrogens with zero attached hydrogens (tertiary/aromatic N) is 2. The summed E-state index contributed by atoms with van der Waals surface area (Å²) >= 11 is 1.77. The van der Waals surface area contributed by atoms with Crippen molar-refractivity contribution in [2.24, 2.45) is 0 Å². The van der Waals surface area contributed by atoms with Gasteiger partial charge in [-0.1, -0.05) is 12.8 Å². The van der Waals surface area contributed by atoms with E-state index in [0.717, 1.165) is 18.2 Å². The molecule has 0 spiro atoms. The topological polar surface area (TPSA) is 37.8 Å². The van der Waals surface area contributed by atoms with E-state index in [2.05, 4.69) is 42.3 Å². The fourth-order valence-corrected chi connectivity index (χ4v) is 3.63. The highest BCUT2D eigenvalue weighted by molar-refractivity contribution is 7.15. The average molecular weight is 287 g/mol. The minimum Gasteiger partial charge on any atom is -0.370 e. The molecule has 1 N–H and O–H groups in total. The molecule has 2 aromatic rings. The van der Waals surface area contributed by atoms with Crippen molar-refractivity contribution in [1.82, 2.24) is 9.97 Å². The molecule has 4 heteroatoms. The number of thiophene rings is 1. The summed E-state index contributed by atoms with van der Waals surface area (Å²) in [5.74, 6) is 2.46. The van der Waals surface area contributed by atoms with Gasteiger partial charge in [0, 0.05) is 29.1 Å². The Hall–Kier alpha value is -1.42. The first-order valence-corrected chi connectivity index (χ1v) is 8.27. The van der Waals surface area contributed by atoms with Gasteiger partial charge >= 0.3 is 0 Å². The first-order valence-electron chi connectivity index (χ1n) is 7.46. The summed E-state index contributed by atoms with van der Waals surface area (Å²) in [7, 11) is 0. The van der Waals surface area contributed by atoms with Gasteiger partial charge in [-0.2, -0.15) is 0 Å². The van der Waals surface area contributed by atoms with Gasteiger partial charge < -0.3 is 5.32 Å². The molecule has 3 rings (SSSR count). The number of hydrogen-bond donors (Lipinski definition) is 1. The minimum atomic E-state index is 0.621. The monoisotopic (exact) mass is 287 g/mol. The molecular formula is C16H21N3S. The molecule has 0 unspecified atom stereocenters. The van der Waals surface area contributed by atoms with E-state index in [-0.39, 0.29) is 0 Å². The fourth-order valence-electron chi connectivity index (χ4n) is 2.83. The fraction of sp³-hybridized carbons (Fsp3) is 0.500. The van der Waals surface area contributed by atoms with Gasteiger partial charge in [-0.3, -0.25) is 0 Å². The first-order chi connectivity index (χ1) is 9.76. The Kier molecular flexibility index (Phi) is 4.01. The second kappa shape index (κ2) is 5.92. The van der Waals surface area contributed by atoms with Gasteiger partial charge in [0.15, 0.2) is 5.82 Å². The standard InChI is InChI=1S/C16H21N3S/c1-3-17-15-10-13(12-6-4-5-7-12)18-16(19-15)14-9-8-11(2)20-14/h8-10,12H,3-7H2,1-2H3,(H,17,18,19). The lowest BCUT2D eigenvalue weighted by atomic mass is 10.0. The first kappa shape index (κ1) is 13.6. The molecule has 0 aromatic carbocycles. The molecule has 0 amide bonds. The van der Waals surface area contributed by atoms with Gasteiger partial charge in [0.1, 0.15) is 5.82 Å². The summed E-state index contributed by atoms with van der Waals surface area (Å²) < 4.78 is 0. The summed E-state index contributed by atoms with van der Waals surface area (Å²) in [5, 5.41) is 3.34. The number of nitrogens with one attached hydrogen (secondary N) is 1. The van der Waals surface area contributed by atoms with Gasteiger partial charge in [0.25, 0.3) is 0 Å². The van der Waals surface area contributed by atoms with Crippen LogP contribution in [0.2, 0.25) is 0 Å². The quantitative estimate of drug-likeness (QED) is 0.892. The third-order valence-electron chi connectivity index (χ3n) is 3.84. The summed E-state index contributed by atoms with van der Waals surface area (Å²) in [6.45, 7) is 5.12. The molecule has 2 aromatic heterocycles. The maximum absolute atomic E-state index is 4.84. The van der Waals surface area contributed by atoms with Crippen molar-refractivity contribution >= 4 is 17.2 Å². The van der Waals surface area contributed by atoms with E-state index in [0.29, 0.717) is 5.92 Å². The van der Waals surface area contributed by atoms with E-state index in [4.69, 9.17) is 4.98 Å². The lowest BCUT2D eigenvalue weighted by Gasteiger charge is -2.12. The van der Waals surface area contributed by atoms with Crippen LogP contribution in [0.25, 0.3) is 10.7 Å². The average Bonchev–Trinajstić information content (AvgIpc) is 3.09. The SMILES string of the molecule is CCNc1cc(C2CCCC2)nc(-c2ccc(C)s2)n1. The van der Waals surface area contributed by atoms with Crippen molar-refractivity contribution < 1.29 is 0 Å². The van der Waals surface area contributed by atoms with Gasteiger partial charge in [-0.15, -0.1) is 11.3 Å². The van der Waals surface area contributed by atoms with Crippen LogP contribution in [-0.4, -0.2) is 16.5 Å². The van der Waals surface area contributed by atoms with Crippen LogP contribution in [0.4, 0.5) is 5.82 Å². The largest absolute Gasteiger partial charge is 0.370 e. The highest BCUT2D eigenvalue weighted by atomic mass is 32.1. The maximum Gasteiger partial charge on any atom is 0.171 e. The van der Waals surface area contributed by atoms with E-state index in [9.17, 15) is 0 Å². The smallest absolute Gasteiger partial charge is 0.171 e. The van der Waals surface area contributed by atoms with Crippen LogP contribution in [0.15, 0.2) is 18.2 Å². The Morgan fingerprint density at radius 3 is 2.70 bits per heavy atom. The van der Waals surface area contributed by atoms with Crippen LogP contribution < -0.4 is 5.32 Å². The Morgan fingerprint density at radius 2 is 2.05 bits per heavy atom. The molecule has 0 aliphatic heterocycles. The predicted octanol–water partition coefficient (Wildman–Crippen LogP) is 4.60. The second-order valence-electron chi connectivity index (χ2n) is 5.42. The summed E-state index contributed by atoms with van der Waals surface area (Å²) in [5.41, 5.74) is 1.22. The maximum atomic E-state index is 4.84. The molecule has 0 bridgehead atoms. The van der Waals surface area contributed by atoms with Crippen molar-refractivity contribution in [3.63, 3.8) is 0 Å². The molecule has 2 heterocycles. The lowest BCUT2D eigenvalue weighted by Crippen LogP contribution is -2.05. The van der Waals surface area contributed by atoms with E-state index in [1.54, 1.807) is 11.3 Å². The van der Waals surface area contributed by atoms with Crippen molar-refractivity contribution in [2.45, 2.75) is 45.4 Å². The van der Waals surface area contributed by atoms with Crippen molar-refractivity contribution in [2.75, 3.05) is 11.9 Å². The Morgan fingerprint density at radius 1 is 1.25 bits per heavy atom. The van der Waals surface area contributed by atoms with Gasteiger partial charge in [-0.05, 0) is 38.8 Å². The molecule has 3 nitrogen and oxygen atoms in total. The zero-order valence-electron chi connectivity index (χ0n) is 12.1. The number of anilines is 1. The Balaban J connectivity index is 1.99. The minimum absolute atomic E-state index is 0.621. The molecule has 1 saturated carbocycles. The highest BCUT2D eigenvalue weighted by Gasteiger charge is 2.20. The van der Waals surface area contributed by atoms with Crippen LogP contribution in [0.5, 0.6) is 0 Å². The lowest BCUT2D eigenvalue weighted by molar-refractivity contribution is 0.696. The van der Waals surface area contributed by atoms with Crippen LogP contribution in [0.1, 0.15) is 49.1 Å². The van der Waals surface area contributed by atoms with Crippen LogP contribution in [0.3, 0.4) is 0 Å². The normalized spacial score (nSPS) is 15.7. The molecule has 0 radical (unpaired) electrons. The van der Waals surface area contributed by atoms with Crippen LogP contribution in [-0.2, 0) is 0 Å². The van der Waals surface area contributed by atoms with Crippen molar-refractivity contribution in [1.29, 1.82) is 0 Å². The number of rotatable bonds is 4. The van der Waals surface area contributed by atoms with E-state index in [1.165, 1.54) is 41.1 Å². The third kappa shape index (κ3) is 2.85. The molecule has 1 aliphatic carbocycles. The summed E-state index contributed by atoms with van der Waals surface area (Å²) in [6.07, 6.45) is 5.20. The van der Waals surface area contributed by atoms with Gasteiger partial charge in [0.05, 0.1) is 4.88 Å². The van der Waals surface area contributed by atoms with E-state index in [1.807, 2.05) is 0 Å². The summed E-state index contributed by atoms with van der Waals surface area (Å²) in [4.78, 5) is 12.0. The molecule has 20 heavy (non-hydrogen) atoms. The molecule has 0 atom stereocenters. The zero-order chi connectivity index (χ0) is 13.9. The Bertz CT molecular complexity index is 585. The van der Waals surface area contributed by atoms with Gasteiger partial charge in [-0.25, -0.2) is 9.97 Å². The van der Waals surface area contributed by atoms with Crippen molar-refractivity contribution in [3.05, 3.63) is 28.8 Å². The number of hydrogen-bond acceptors (Lipinski definition) is 4. The zero-order valence-corrected chi connectivity index (χ0v) is 13.0. The summed E-state index contributed by atoms with van der Waals surface area (Å²) in [6, 6.07) is 6.41. The predicted molar refractivity (Wildman–Crippen MR) is 85.5 cm³/mol. The van der Waals surface area contributed by atoms with Crippen LogP contribution >= 0.6 is 11.3 Å². The molecule has 106 valence electrons. The van der Waals surface area contributed by atoms with E-state index < -0.39 is 0 Å². The number of aryl methyl sites for hydroxylation is 1. The van der Waals surface area contributed by atoms with Crippen LogP contribution in [0, 0.1) is 6.92 Å². The molecule has 1 fully saturated rings.